The number of rotatable bonds is 0. The molecule has 0 aromatic carbocycles. The number of piperidine rings is 3. The summed E-state index contributed by atoms with van der Waals surface area (Å²) < 4.78 is 5.10. The molecule has 0 amide bonds. The highest BCUT2D eigenvalue weighted by Crippen LogP contribution is 2.35. The summed E-state index contributed by atoms with van der Waals surface area (Å²) in [7, 11) is 10.9. The van der Waals surface area contributed by atoms with E-state index >= 15 is 0 Å². The molecule has 5 saturated heterocycles. The van der Waals surface area contributed by atoms with Gasteiger partial charge in [-0.15, -0.1) is 0 Å². The molecular weight excluding hydrogens is 434 g/mol. The van der Waals surface area contributed by atoms with Crippen molar-refractivity contribution < 1.29 is 4.74 Å². The fourth-order valence-corrected chi connectivity index (χ4v) is 5.80. The molecule has 1 aliphatic carbocycles. The second-order valence-corrected chi connectivity index (χ2v) is 11.9. The lowest BCUT2D eigenvalue weighted by Crippen LogP contribution is -2.32. The zero-order chi connectivity index (χ0) is 25.3. The van der Waals surface area contributed by atoms with Crippen molar-refractivity contribution in [1.82, 2.24) is 24.5 Å². The largest absolute Gasteiger partial charge is 0.379 e. The summed E-state index contributed by atoms with van der Waals surface area (Å²) >= 11 is 0. The Bertz CT molecular complexity index is 443. The van der Waals surface area contributed by atoms with E-state index in [0.717, 1.165) is 38.3 Å². The Kier molecular flexibility index (Phi) is 16.7. The molecule has 6 aliphatic rings. The average molecular weight is 496 g/mol. The number of hydrogen-bond donors (Lipinski definition) is 0. The number of morpholine rings is 1. The van der Waals surface area contributed by atoms with Crippen molar-refractivity contribution in [3.8, 4) is 0 Å². The third kappa shape index (κ3) is 14.9. The van der Waals surface area contributed by atoms with Crippen LogP contribution in [0.3, 0.4) is 0 Å². The Labute approximate surface area is 219 Å². The van der Waals surface area contributed by atoms with Gasteiger partial charge in [-0.05, 0) is 138 Å². The van der Waals surface area contributed by atoms with E-state index < -0.39 is 0 Å². The number of fused-ring (bicyclic) bond motifs is 2. The van der Waals surface area contributed by atoms with Crippen molar-refractivity contribution in [2.24, 2.45) is 5.92 Å². The minimum atomic E-state index is 0.913. The lowest BCUT2D eigenvalue weighted by atomic mass is 10.1. The third-order valence-electron chi connectivity index (χ3n) is 8.41. The molecule has 35 heavy (non-hydrogen) atoms. The summed E-state index contributed by atoms with van der Waals surface area (Å²) in [5.41, 5.74) is 0. The fraction of sp³-hybridized carbons (Fsp3) is 1.00. The van der Waals surface area contributed by atoms with Crippen molar-refractivity contribution >= 4 is 0 Å². The minimum absolute atomic E-state index is 0.913. The number of likely N-dealkylation sites (N-methyl/N-ethyl adjacent to an activating group) is 1. The van der Waals surface area contributed by atoms with Crippen LogP contribution in [-0.2, 0) is 4.74 Å². The Hall–Kier alpha value is -0.240. The SMILES string of the molecule is CN1CC2CCC1C2.CN1CCCC1.CN1CCCCC1.CN1CCCCC1.CN1CCOCC1. The van der Waals surface area contributed by atoms with E-state index in [2.05, 4.69) is 59.7 Å². The van der Waals surface area contributed by atoms with Crippen LogP contribution in [0.25, 0.3) is 0 Å². The van der Waals surface area contributed by atoms with Crippen molar-refractivity contribution in [3.05, 3.63) is 0 Å². The van der Waals surface area contributed by atoms with Gasteiger partial charge in [-0.3, -0.25) is 0 Å². The van der Waals surface area contributed by atoms with Crippen LogP contribution in [0, 0.1) is 5.92 Å². The van der Waals surface area contributed by atoms with E-state index in [1.165, 1.54) is 116 Å². The molecule has 0 radical (unpaired) electrons. The quantitative estimate of drug-likeness (QED) is 0.505. The van der Waals surface area contributed by atoms with E-state index in [-0.39, 0.29) is 0 Å². The van der Waals surface area contributed by atoms with Gasteiger partial charge < -0.3 is 29.2 Å². The summed E-state index contributed by atoms with van der Waals surface area (Å²) in [5.74, 6) is 1.07. The van der Waals surface area contributed by atoms with Crippen LogP contribution in [0.4, 0.5) is 0 Å². The first-order valence-electron chi connectivity index (χ1n) is 15.0. The van der Waals surface area contributed by atoms with Gasteiger partial charge in [0.15, 0.2) is 0 Å². The minimum Gasteiger partial charge on any atom is -0.379 e. The van der Waals surface area contributed by atoms with E-state index in [1.807, 2.05) is 0 Å². The zero-order valence-corrected chi connectivity index (χ0v) is 24.4. The van der Waals surface area contributed by atoms with E-state index in [4.69, 9.17) is 4.74 Å². The molecule has 1 saturated carbocycles. The second-order valence-electron chi connectivity index (χ2n) is 11.9. The molecule has 6 rings (SSSR count). The van der Waals surface area contributed by atoms with Crippen molar-refractivity contribution in [1.29, 1.82) is 0 Å². The van der Waals surface area contributed by atoms with Crippen molar-refractivity contribution in [2.75, 3.05) is 107 Å². The number of nitrogens with zero attached hydrogens (tertiary/aromatic N) is 5. The number of likely N-dealkylation sites (tertiary alicyclic amines) is 4. The van der Waals surface area contributed by atoms with Crippen molar-refractivity contribution in [2.45, 2.75) is 76.7 Å². The predicted molar refractivity (Wildman–Crippen MR) is 152 cm³/mol. The fourth-order valence-electron chi connectivity index (χ4n) is 5.80. The highest BCUT2D eigenvalue weighted by atomic mass is 16.5. The van der Waals surface area contributed by atoms with Gasteiger partial charge in [-0.1, -0.05) is 12.8 Å². The van der Waals surface area contributed by atoms with Crippen LogP contribution in [0.1, 0.15) is 70.6 Å². The van der Waals surface area contributed by atoms with Crippen LogP contribution in [0.2, 0.25) is 0 Å². The van der Waals surface area contributed by atoms with Crippen LogP contribution in [0.15, 0.2) is 0 Å². The lowest BCUT2D eigenvalue weighted by Gasteiger charge is -2.21. The third-order valence-corrected chi connectivity index (χ3v) is 8.41. The first-order valence-corrected chi connectivity index (χ1v) is 15.0. The van der Waals surface area contributed by atoms with Crippen LogP contribution < -0.4 is 0 Å². The molecule has 2 unspecified atom stereocenters. The number of ether oxygens (including phenoxy) is 1. The Morgan fingerprint density at radius 3 is 1.06 bits per heavy atom. The van der Waals surface area contributed by atoms with E-state index in [9.17, 15) is 0 Å². The van der Waals surface area contributed by atoms with Gasteiger partial charge in [-0.2, -0.15) is 0 Å². The van der Waals surface area contributed by atoms with Gasteiger partial charge in [0.25, 0.3) is 0 Å². The van der Waals surface area contributed by atoms with Crippen LogP contribution in [-0.4, -0.2) is 138 Å². The highest BCUT2D eigenvalue weighted by Gasteiger charge is 2.35. The predicted octanol–water partition coefficient (Wildman–Crippen LogP) is 3.97. The summed E-state index contributed by atoms with van der Waals surface area (Å²) in [4.78, 5) is 11.9. The molecule has 2 atom stereocenters. The van der Waals surface area contributed by atoms with Gasteiger partial charge >= 0.3 is 0 Å². The molecular formula is C29H61N5O. The molecule has 6 fully saturated rings. The smallest absolute Gasteiger partial charge is 0.0594 e. The molecule has 5 aliphatic heterocycles. The molecule has 6 heteroatoms. The van der Waals surface area contributed by atoms with Crippen LogP contribution in [0.5, 0.6) is 0 Å². The summed E-state index contributed by atoms with van der Waals surface area (Å²) in [6.45, 7) is 13.3. The molecule has 6 nitrogen and oxygen atoms in total. The van der Waals surface area contributed by atoms with Gasteiger partial charge in [0.2, 0.25) is 0 Å². The Balaban J connectivity index is 0.000000155. The second kappa shape index (κ2) is 18.9. The van der Waals surface area contributed by atoms with Gasteiger partial charge in [0.1, 0.15) is 0 Å². The molecule has 208 valence electrons. The van der Waals surface area contributed by atoms with Gasteiger partial charge in [-0.25, -0.2) is 0 Å². The normalized spacial score (nSPS) is 30.1. The molecule has 0 aromatic heterocycles. The molecule has 0 spiro atoms. The summed E-state index contributed by atoms with van der Waals surface area (Å²) in [6.07, 6.45) is 15.9. The van der Waals surface area contributed by atoms with Crippen molar-refractivity contribution in [3.63, 3.8) is 0 Å². The monoisotopic (exact) mass is 495 g/mol. The van der Waals surface area contributed by atoms with Gasteiger partial charge in [0, 0.05) is 25.7 Å². The molecule has 5 heterocycles. The van der Waals surface area contributed by atoms with Gasteiger partial charge in [0.05, 0.1) is 13.2 Å². The Morgan fingerprint density at radius 1 is 0.486 bits per heavy atom. The molecule has 2 bridgehead atoms. The molecule has 0 N–H and O–H groups in total. The standard InChI is InChI=1S/C7H13N.2C6H13N.C5H11NO.C5H11N/c1-8-5-6-2-3-7(8)4-6;2*1-7-5-3-2-4-6-7;1-6-2-4-7-5-3-6;1-6-4-2-3-5-6/h6-7H,2-5H2,1H3;2*2-6H2,1H3;2-5H2,1H3;2-5H2,1H3. The summed E-state index contributed by atoms with van der Waals surface area (Å²) in [6, 6.07) is 0.972. The highest BCUT2D eigenvalue weighted by molar-refractivity contribution is 4.89. The van der Waals surface area contributed by atoms with Crippen LogP contribution >= 0.6 is 0 Å². The average Bonchev–Trinajstić information content (AvgIpc) is 3.61. The zero-order valence-electron chi connectivity index (χ0n) is 24.4. The van der Waals surface area contributed by atoms with E-state index in [1.54, 1.807) is 0 Å². The first kappa shape index (κ1) is 31.0. The maximum atomic E-state index is 5.10. The number of hydrogen-bond acceptors (Lipinski definition) is 6. The molecule has 0 aromatic rings. The topological polar surface area (TPSA) is 25.4 Å². The maximum Gasteiger partial charge on any atom is 0.0594 e. The first-order chi connectivity index (χ1) is 16.9. The lowest BCUT2D eigenvalue weighted by molar-refractivity contribution is 0.0503. The maximum absolute atomic E-state index is 5.10. The summed E-state index contributed by atoms with van der Waals surface area (Å²) in [5, 5.41) is 0. The van der Waals surface area contributed by atoms with E-state index in [0.29, 0.717) is 0 Å². The Morgan fingerprint density at radius 2 is 0.886 bits per heavy atom.